The van der Waals surface area contributed by atoms with Crippen molar-refractivity contribution in [3.05, 3.63) is 29.8 Å². The summed E-state index contributed by atoms with van der Waals surface area (Å²) in [4.78, 5) is 14.3. The number of hydrogen-bond acceptors (Lipinski definition) is 4. The highest BCUT2D eigenvalue weighted by atomic mass is 16.5. The summed E-state index contributed by atoms with van der Waals surface area (Å²) in [5, 5.41) is 0. The maximum Gasteiger partial charge on any atom is 0.246 e. The molecule has 2 rings (SSSR count). The Hall–Kier alpha value is -2.01. The summed E-state index contributed by atoms with van der Waals surface area (Å²) in [6.45, 7) is 3.55. The number of likely N-dealkylation sites (tertiary alicyclic amines) is 1. The lowest BCUT2D eigenvalue weighted by Gasteiger charge is -2.34. The second kappa shape index (κ2) is 8.02. The third-order valence-corrected chi connectivity index (χ3v) is 4.31. The van der Waals surface area contributed by atoms with Gasteiger partial charge in [-0.2, -0.15) is 0 Å². The molecule has 126 valence electrons. The predicted octanol–water partition coefficient (Wildman–Crippen LogP) is 2.30. The molecule has 0 bridgehead atoms. The van der Waals surface area contributed by atoms with Crippen LogP contribution in [0.15, 0.2) is 24.3 Å². The third kappa shape index (κ3) is 4.73. The molecule has 5 nitrogen and oxygen atoms in total. The van der Waals surface area contributed by atoms with Crippen LogP contribution >= 0.6 is 0 Å². The lowest BCUT2D eigenvalue weighted by molar-refractivity contribution is -0.127. The zero-order valence-corrected chi connectivity index (χ0v) is 14.1. The number of amides is 1. The summed E-state index contributed by atoms with van der Waals surface area (Å²) in [6, 6.07) is 5.66. The third-order valence-electron chi connectivity index (χ3n) is 4.31. The van der Waals surface area contributed by atoms with Gasteiger partial charge in [0.25, 0.3) is 0 Å². The maximum atomic E-state index is 12.4. The number of carbonyl (C=O) groups is 1. The van der Waals surface area contributed by atoms with E-state index in [1.165, 1.54) is 0 Å². The average Bonchev–Trinajstić information content (AvgIpc) is 2.59. The van der Waals surface area contributed by atoms with Crippen molar-refractivity contribution >= 4 is 12.0 Å². The highest BCUT2D eigenvalue weighted by molar-refractivity contribution is 5.92. The molecule has 1 aromatic carbocycles. The van der Waals surface area contributed by atoms with Crippen molar-refractivity contribution in [2.75, 3.05) is 27.3 Å². The first-order valence-corrected chi connectivity index (χ1v) is 7.99. The molecule has 2 unspecified atom stereocenters. The Morgan fingerprint density at radius 2 is 1.96 bits per heavy atom. The van der Waals surface area contributed by atoms with Crippen molar-refractivity contribution in [3.8, 4) is 11.5 Å². The summed E-state index contributed by atoms with van der Waals surface area (Å²) < 4.78 is 10.5. The van der Waals surface area contributed by atoms with Gasteiger partial charge < -0.3 is 20.1 Å². The molecule has 0 aliphatic carbocycles. The van der Waals surface area contributed by atoms with Crippen LogP contribution < -0.4 is 15.2 Å². The highest BCUT2D eigenvalue weighted by Crippen LogP contribution is 2.24. The molecule has 2 N–H and O–H groups in total. The van der Waals surface area contributed by atoms with Crippen molar-refractivity contribution in [1.29, 1.82) is 0 Å². The van der Waals surface area contributed by atoms with Crippen LogP contribution in [0, 0.1) is 5.92 Å². The minimum Gasteiger partial charge on any atom is -0.497 e. The lowest BCUT2D eigenvalue weighted by Crippen LogP contribution is -2.44. The van der Waals surface area contributed by atoms with E-state index in [9.17, 15) is 4.79 Å². The number of methoxy groups -OCH3 is 2. The molecular formula is C18H26N2O3. The summed E-state index contributed by atoms with van der Waals surface area (Å²) >= 11 is 0. The first-order valence-electron chi connectivity index (χ1n) is 7.99. The van der Waals surface area contributed by atoms with Gasteiger partial charge in [-0.3, -0.25) is 4.79 Å². The fraction of sp³-hybridized carbons (Fsp3) is 0.500. The van der Waals surface area contributed by atoms with Gasteiger partial charge in [0.1, 0.15) is 11.5 Å². The van der Waals surface area contributed by atoms with E-state index in [0.717, 1.165) is 31.5 Å². The van der Waals surface area contributed by atoms with Crippen molar-refractivity contribution < 1.29 is 14.3 Å². The normalized spacial score (nSPS) is 19.7. The van der Waals surface area contributed by atoms with E-state index in [1.54, 1.807) is 32.4 Å². The fourth-order valence-corrected chi connectivity index (χ4v) is 2.84. The van der Waals surface area contributed by atoms with Crippen LogP contribution in [0.5, 0.6) is 11.5 Å². The largest absolute Gasteiger partial charge is 0.497 e. The molecule has 1 aliphatic rings. The SMILES string of the molecule is COc1cc(C=CC(=O)N2CCCC(C(C)N)C2)cc(OC)c1. The summed E-state index contributed by atoms with van der Waals surface area (Å²) in [5.74, 6) is 1.81. The summed E-state index contributed by atoms with van der Waals surface area (Å²) in [6.07, 6.45) is 5.51. The monoisotopic (exact) mass is 318 g/mol. The molecule has 0 spiro atoms. The standard InChI is InChI=1S/C18H26N2O3/c1-13(19)15-5-4-8-20(12-15)18(21)7-6-14-9-16(22-2)11-17(10-14)23-3/h6-7,9-11,13,15H,4-5,8,12,19H2,1-3H3. The van der Waals surface area contributed by atoms with E-state index in [4.69, 9.17) is 15.2 Å². The van der Waals surface area contributed by atoms with Gasteiger partial charge in [0.2, 0.25) is 5.91 Å². The molecule has 2 atom stereocenters. The van der Waals surface area contributed by atoms with E-state index in [-0.39, 0.29) is 11.9 Å². The van der Waals surface area contributed by atoms with Gasteiger partial charge in [-0.15, -0.1) is 0 Å². The molecule has 1 amide bonds. The first-order chi connectivity index (χ1) is 11.0. The van der Waals surface area contributed by atoms with E-state index in [1.807, 2.05) is 24.0 Å². The topological polar surface area (TPSA) is 64.8 Å². The van der Waals surface area contributed by atoms with Gasteiger partial charge in [0, 0.05) is 31.3 Å². The van der Waals surface area contributed by atoms with E-state index >= 15 is 0 Å². The molecule has 1 heterocycles. The Balaban J connectivity index is 2.06. The molecule has 0 saturated carbocycles. The number of ether oxygens (including phenoxy) is 2. The molecule has 5 heteroatoms. The van der Waals surface area contributed by atoms with Gasteiger partial charge in [-0.25, -0.2) is 0 Å². The minimum absolute atomic E-state index is 0.0251. The van der Waals surface area contributed by atoms with Crippen LogP contribution in [0.25, 0.3) is 6.08 Å². The average molecular weight is 318 g/mol. The number of nitrogens with zero attached hydrogens (tertiary/aromatic N) is 1. The second-order valence-corrected chi connectivity index (χ2v) is 6.03. The molecule has 1 aromatic rings. The van der Waals surface area contributed by atoms with Crippen LogP contribution in [-0.2, 0) is 4.79 Å². The van der Waals surface area contributed by atoms with Crippen LogP contribution in [0.3, 0.4) is 0 Å². The Morgan fingerprint density at radius 3 is 2.52 bits per heavy atom. The quantitative estimate of drug-likeness (QED) is 0.846. The zero-order chi connectivity index (χ0) is 16.8. The molecule has 0 radical (unpaired) electrons. The number of hydrogen-bond donors (Lipinski definition) is 1. The predicted molar refractivity (Wildman–Crippen MR) is 91.5 cm³/mol. The van der Waals surface area contributed by atoms with Gasteiger partial charge >= 0.3 is 0 Å². The zero-order valence-electron chi connectivity index (χ0n) is 14.1. The Bertz CT molecular complexity index is 547. The Morgan fingerprint density at radius 1 is 1.30 bits per heavy atom. The number of piperidine rings is 1. The van der Waals surface area contributed by atoms with Crippen LogP contribution in [-0.4, -0.2) is 44.2 Å². The number of rotatable bonds is 5. The molecule has 23 heavy (non-hydrogen) atoms. The van der Waals surface area contributed by atoms with Crippen LogP contribution in [0.1, 0.15) is 25.3 Å². The van der Waals surface area contributed by atoms with E-state index < -0.39 is 0 Å². The van der Waals surface area contributed by atoms with Gasteiger partial charge in [-0.05, 0) is 49.5 Å². The van der Waals surface area contributed by atoms with Crippen LogP contribution in [0.4, 0.5) is 0 Å². The first kappa shape index (κ1) is 17.3. The molecule has 1 aliphatic heterocycles. The maximum absolute atomic E-state index is 12.4. The number of carbonyl (C=O) groups excluding carboxylic acids is 1. The smallest absolute Gasteiger partial charge is 0.246 e. The van der Waals surface area contributed by atoms with Crippen molar-refractivity contribution in [2.45, 2.75) is 25.8 Å². The number of benzene rings is 1. The molecule has 0 aromatic heterocycles. The highest BCUT2D eigenvalue weighted by Gasteiger charge is 2.24. The summed E-state index contributed by atoms with van der Waals surface area (Å²) in [7, 11) is 3.21. The minimum atomic E-state index is 0.0251. The van der Waals surface area contributed by atoms with Crippen molar-refractivity contribution in [3.63, 3.8) is 0 Å². The summed E-state index contributed by atoms with van der Waals surface area (Å²) in [5.41, 5.74) is 6.85. The van der Waals surface area contributed by atoms with Gasteiger partial charge in [-0.1, -0.05) is 0 Å². The Labute approximate surface area is 138 Å². The van der Waals surface area contributed by atoms with Gasteiger partial charge in [0.05, 0.1) is 14.2 Å². The lowest BCUT2D eigenvalue weighted by atomic mass is 9.92. The second-order valence-electron chi connectivity index (χ2n) is 6.03. The van der Waals surface area contributed by atoms with Crippen molar-refractivity contribution in [2.24, 2.45) is 11.7 Å². The van der Waals surface area contributed by atoms with E-state index in [0.29, 0.717) is 17.4 Å². The number of nitrogens with two attached hydrogens (primary N) is 1. The molecular weight excluding hydrogens is 292 g/mol. The van der Waals surface area contributed by atoms with E-state index in [2.05, 4.69) is 0 Å². The van der Waals surface area contributed by atoms with Crippen molar-refractivity contribution in [1.82, 2.24) is 4.90 Å². The van der Waals surface area contributed by atoms with Gasteiger partial charge in [0.15, 0.2) is 0 Å². The fourth-order valence-electron chi connectivity index (χ4n) is 2.84. The van der Waals surface area contributed by atoms with Crippen LogP contribution in [0.2, 0.25) is 0 Å². The Kier molecular flexibility index (Phi) is 6.04. The molecule has 1 saturated heterocycles. The molecule has 1 fully saturated rings.